The Bertz CT molecular complexity index is 197. The molecule has 0 saturated heterocycles. The number of carboxylic acid groups (broad SMARTS) is 1. The summed E-state index contributed by atoms with van der Waals surface area (Å²) in [4.78, 5) is 21.3. The first-order chi connectivity index (χ1) is 7.16. The Morgan fingerprint density at radius 2 is 1.87 bits per heavy atom. The van der Waals surface area contributed by atoms with Crippen molar-refractivity contribution in [2.45, 2.75) is 19.3 Å². The zero-order chi connectivity index (χ0) is 11.5. The molecule has 0 spiro atoms. The Morgan fingerprint density at radius 3 is 2.47 bits per heavy atom. The monoisotopic (exact) mass is 217 g/mol. The lowest BCUT2D eigenvalue weighted by Crippen LogP contribution is -2.33. The van der Waals surface area contributed by atoms with Gasteiger partial charge in [-0.3, -0.25) is 9.59 Å². The summed E-state index contributed by atoms with van der Waals surface area (Å²) in [5, 5.41) is 14.1. The maximum absolute atomic E-state index is 11.1. The molecular weight excluding hydrogens is 198 g/mol. The van der Waals surface area contributed by atoms with Crippen LogP contribution in [-0.4, -0.2) is 43.2 Å². The van der Waals surface area contributed by atoms with Crippen molar-refractivity contribution in [1.29, 1.82) is 0 Å². The fourth-order valence-electron chi connectivity index (χ4n) is 1.01. The van der Waals surface area contributed by atoms with Crippen LogP contribution in [0.3, 0.4) is 0 Å². The molecule has 0 fully saturated rings. The van der Waals surface area contributed by atoms with E-state index in [-0.39, 0.29) is 18.7 Å². The molecule has 5 N–H and O–H groups in total. The Hall–Kier alpha value is -1.14. The molecule has 0 heterocycles. The second-order valence-corrected chi connectivity index (χ2v) is 3.14. The van der Waals surface area contributed by atoms with Crippen molar-refractivity contribution in [3.8, 4) is 0 Å². The van der Waals surface area contributed by atoms with E-state index >= 15 is 0 Å². The molecule has 15 heavy (non-hydrogen) atoms. The maximum atomic E-state index is 11.1. The highest BCUT2D eigenvalue weighted by atomic mass is 16.4. The summed E-state index contributed by atoms with van der Waals surface area (Å²) < 4.78 is 0. The number of carbonyl (C=O) groups excluding carboxylic acids is 1. The third-order valence-electron chi connectivity index (χ3n) is 1.74. The van der Waals surface area contributed by atoms with Crippen LogP contribution >= 0.6 is 0 Å². The lowest BCUT2D eigenvalue weighted by molar-refractivity contribution is -0.137. The van der Waals surface area contributed by atoms with Crippen molar-refractivity contribution in [3.63, 3.8) is 0 Å². The highest BCUT2D eigenvalue weighted by Crippen LogP contribution is 1.94. The van der Waals surface area contributed by atoms with Gasteiger partial charge in [-0.2, -0.15) is 0 Å². The molecule has 6 nitrogen and oxygen atoms in total. The summed E-state index contributed by atoms with van der Waals surface area (Å²) >= 11 is 0. The Balaban J connectivity index is 3.22. The van der Waals surface area contributed by atoms with Gasteiger partial charge in [0.2, 0.25) is 5.91 Å². The summed E-state index contributed by atoms with van der Waals surface area (Å²) in [5.41, 5.74) is 5.26. The number of nitrogens with two attached hydrogens (primary N) is 1. The van der Waals surface area contributed by atoms with Crippen LogP contribution in [0.4, 0.5) is 0 Å². The topological polar surface area (TPSA) is 104 Å². The molecule has 0 aromatic heterocycles. The molecule has 0 aliphatic carbocycles. The first-order valence-electron chi connectivity index (χ1n) is 5.06. The van der Waals surface area contributed by atoms with E-state index in [1.165, 1.54) is 0 Å². The first kappa shape index (κ1) is 13.9. The van der Waals surface area contributed by atoms with Gasteiger partial charge in [0, 0.05) is 39.0 Å². The van der Waals surface area contributed by atoms with E-state index in [9.17, 15) is 9.59 Å². The number of hydrogen-bond acceptors (Lipinski definition) is 4. The van der Waals surface area contributed by atoms with Gasteiger partial charge in [-0.25, -0.2) is 0 Å². The highest BCUT2D eigenvalue weighted by Gasteiger charge is 2.02. The van der Waals surface area contributed by atoms with E-state index in [4.69, 9.17) is 10.8 Å². The van der Waals surface area contributed by atoms with Gasteiger partial charge in [0.25, 0.3) is 0 Å². The van der Waals surface area contributed by atoms with Crippen LogP contribution in [0.5, 0.6) is 0 Å². The van der Waals surface area contributed by atoms with Crippen LogP contribution < -0.4 is 16.4 Å². The van der Waals surface area contributed by atoms with E-state index in [0.29, 0.717) is 26.1 Å². The minimum Gasteiger partial charge on any atom is -0.481 e. The normalized spacial score (nSPS) is 9.93. The summed E-state index contributed by atoms with van der Waals surface area (Å²) in [6.45, 7) is 2.54. The molecule has 0 bridgehead atoms. The van der Waals surface area contributed by atoms with Gasteiger partial charge in [0.05, 0.1) is 0 Å². The van der Waals surface area contributed by atoms with E-state index < -0.39 is 5.97 Å². The molecule has 0 saturated carbocycles. The lowest BCUT2D eigenvalue weighted by atomic mass is 10.2. The average molecular weight is 217 g/mol. The molecule has 0 rings (SSSR count). The summed E-state index contributed by atoms with van der Waals surface area (Å²) in [6.07, 6.45) is 0.694. The van der Waals surface area contributed by atoms with Gasteiger partial charge in [-0.15, -0.1) is 0 Å². The van der Waals surface area contributed by atoms with Crippen molar-refractivity contribution in [2.24, 2.45) is 5.73 Å². The lowest BCUT2D eigenvalue weighted by Gasteiger charge is -2.05. The molecule has 0 aliphatic heterocycles. The van der Waals surface area contributed by atoms with Crippen LogP contribution in [0.15, 0.2) is 0 Å². The highest BCUT2D eigenvalue weighted by molar-refractivity contribution is 5.76. The minimum absolute atomic E-state index is 0.0405. The molecule has 0 radical (unpaired) electrons. The van der Waals surface area contributed by atoms with Crippen molar-refractivity contribution < 1.29 is 14.7 Å². The number of aliphatic carboxylic acids is 1. The van der Waals surface area contributed by atoms with E-state index in [0.717, 1.165) is 6.54 Å². The molecule has 1 amide bonds. The number of rotatable bonds is 9. The number of hydrogen-bond donors (Lipinski definition) is 4. The van der Waals surface area contributed by atoms with E-state index in [2.05, 4.69) is 10.6 Å². The average Bonchev–Trinajstić information content (AvgIpc) is 2.17. The Kier molecular flexibility index (Phi) is 8.70. The van der Waals surface area contributed by atoms with Crippen LogP contribution in [-0.2, 0) is 9.59 Å². The van der Waals surface area contributed by atoms with Gasteiger partial charge in [0.1, 0.15) is 0 Å². The number of carbonyl (C=O) groups is 2. The summed E-state index contributed by atoms with van der Waals surface area (Å²) in [5.74, 6) is -0.974. The second-order valence-electron chi connectivity index (χ2n) is 3.14. The van der Waals surface area contributed by atoms with Crippen LogP contribution in [0.1, 0.15) is 19.3 Å². The maximum Gasteiger partial charge on any atom is 0.303 e. The van der Waals surface area contributed by atoms with Crippen LogP contribution in [0.25, 0.3) is 0 Å². The standard InChI is InChI=1S/C9H19N3O3/c10-4-5-11-6-7-12-8(13)2-1-3-9(14)15/h11H,1-7,10H2,(H,12,13)(H,14,15). The second kappa shape index (κ2) is 9.42. The third-order valence-corrected chi connectivity index (χ3v) is 1.74. The Labute approximate surface area is 89.2 Å². The summed E-state index contributed by atoms with van der Waals surface area (Å²) in [6, 6.07) is 0. The quantitative estimate of drug-likeness (QED) is 0.367. The van der Waals surface area contributed by atoms with Crippen molar-refractivity contribution >= 4 is 11.9 Å². The zero-order valence-corrected chi connectivity index (χ0v) is 8.79. The molecule has 0 aliphatic rings. The molecule has 0 unspecified atom stereocenters. The van der Waals surface area contributed by atoms with Crippen molar-refractivity contribution in [2.75, 3.05) is 26.2 Å². The SMILES string of the molecule is NCCNCCNC(=O)CCCC(=O)O. The number of amides is 1. The van der Waals surface area contributed by atoms with Crippen LogP contribution in [0, 0.1) is 0 Å². The van der Waals surface area contributed by atoms with Gasteiger partial charge >= 0.3 is 5.97 Å². The van der Waals surface area contributed by atoms with Crippen LogP contribution in [0.2, 0.25) is 0 Å². The van der Waals surface area contributed by atoms with Crippen molar-refractivity contribution in [3.05, 3.63) is 0 Å². The largest absolute Gasteiger partial charge is 0.481 e. The molecule has 0 aromatic carbocycles. The fraction of sp³-hybridized carbons (Fsp3) is 0.778. The molecule has 88 valence electrons. The van der Waals surface area contributed by atoms with E-state index in [1.54, 1.807) is 0 Å². The molecular formula is C9H19N3O3. The minimum atomic E-state index is -0.868. The number of carboxylic acids is 1. The molecule has 6 heteroatoms. The van der Waals surface area contributed by atoms with Gasteiger partial charge in [-0.05, 0) is 6.42 Å². The fourth-order valence-corrected chi connectivity index (χ4v) is 1.01. The van der Waals surface area contributed by atoms with Gasteiger partial charge in [0.15, 0.2) is 0 Å². The van der Waals surface area contributed by atoms with E-state index in [1.807, 2.05) is 0 Å². The molecule has 0 aromatic rings. The molecule has 0 atom stereocenters. The summed E-state index contributed by atoms with van der Waals surface area (Å²) in [7, 11) is 0. The third kappa shape index (κ3) is 10.8. The van der Waals surface area contributed by atoms with Gasteiger partial charge < -0.3 is 21.5 Å². The Morgan fingerprint density at radius 1 is 1.13 bits per heavy atom. The predicted octanol–water partition coefficient (Wildman–Crippen LogP) is -1.09. The van der Waals surface area contributed by atoms with Gasteiger partial charge in [-0.1, -0.05) is 0 Å². The van der Waals surface area contributed by atoms with Crippen molar-refractivity contribution in [1.82, 2.24) is 10.6 Å². The predicted molar refractivity (Wildman–Crippen MR) is 56.4 cm³/mol. The smallest absolute Gasteiger partial charge is 0.303 e. The first-order valence-corrected chi connectivity index (χ1v) is 5.06. The number of nitrogens with one attached hydrogen (secondary N) is 2. The zero-order valence-electron chi connectivity index (χ0n) is 8.79.